The van der Waals surface area contributed by atoms with Gasteiger partial charge in [-0.1, -0.05) is 41.5 Å². The summed E-state index contributed by atoms with van der Waals surface area (Å²) in [6, 6.07) is 0. The van der Waals surface area contributed by atoms with Crippen LogP contribution < -0.4 is 0 Å². The summed E-state index contributed by atoms with van der Waals surface area (Å²) in [5, 5.41) is 0. The van der Waals surface area contributed by atoms with Crippen LogP contribution in [0.5, 0.6) is 0 Å². The second-order valence-electron chi connectivity index (χ2n) is 6.10. The van der Waals surface area contributed by atoms with E-state index in [0.717, 1.165) is 6.42 Å². The summed E-state index contributed by atoms with van der Waals surface area (Å²) in [5.41, 5.74) is 0.188. The zero-order chi connectivity index (χ0) is 13.6. The van der Waals surface area contributed by atoms with Crippen molar-refractivity contribution < 1.29 is 9.59 Å². The number of hydrogen-bond acceptors (Lipinski definition) is 2. The van der Waals surface area contributed by atoms with Crippen molar-refractivity contribution >= 4 is 11.7 Å². The molecule has 0 saturated heterocycles. The molecule has 3 heteroatoms. The van der Waals surface area contributed by atoms with Gasteiger partial charge in [0.15, 0.2) is 5.78 Å². The molecular formula is C14H27NO2. The van der Waals surface area contributed by atoms with Crippen LogP contribution in [0.25, 0.3) is 0 Å². The van der Waals surface area contributed by atoms with E-state index in [1.165, 1.54) is 0 Å². The predicted molar refractivity (Wildman–Crippen MR) is 70.8 cm³/mol. The summed E-state index contributed by atoms with van der Waals surface area (Å²) in [6.45, 7) is 13.0. The van der Waals surface area contributed by atoms with Crippen LogP contribution in [0.3, 0.4) is 0 Å². The van der Waals surface area contributed by atoms with Crippen LogP contribution in [-0.4, -0.2) is 29.7 Å². The lowest BCUT2D eigenvalue weighted by Crippen LogP contribution is -2.38. The molecule has 100 valence electrons. The van der Waals surface area contributed by atoms with Crippen molar-refractivity contribution in [2.45, 2.75) is 54.4 Å². The maximum atomic E-state index is 11.8. The zero-order valence-corrected chi connectivity index (χ0v) is 12.2. The fraction of sp³-hybridized carbons (Fsp3) is 0.857. The van der Waals surface area contributed by atoms with Crippen LogP contribution in [0.15, 0.2) is 0 Å². The molecule has 0 aliphatic rings. The summed E-state index contributed by atoms with van der Waals surface area (Å²) in [7, 11) is 0. The summed E-state index contributed by atoms with van der Waals surface area (Å²) in [4.78, 5) is 25.2. The largest absolute Gasteiger partial charge is 0.335 e. The molecule has 0 aromatic heterocycles. The Bertz CT molecular complexity index is 264. The average molecular weight is 241 g/mol. The van der Waals surface area contributed by atoms with Crippen LogP contribution in [0, 0.1) is 11.3 Å². The SMILES string of the molecule is CCC(=O)N(CCC(C)(C)C)CC(=O)C(C)C. The van der Waals surface area contributed by atoms with E-state index in [2.05, 4.69) is 20.8 Å². The molecule has 0 saturated carbocycles. The van der Waals surface area contributed by atoms with Crippen molar-refractivity contribution in [1.29, 1.82) is 0 Å². The van der Waals surface area contributed by atoms with Gasteiger partial charge in [-0.2, -0.15) is 0 Å². The Hall–Kier alpha value is -0.860. The summed E-state index contributed by atoms with van der Waals surface area (Å²) >= 11 is 0. The van der Waals surface area contributed by atoms with Crippen LogP contribution in [-0.2, 0) is 9.59 Å². The Morgan fingerprint density at radius 3 is 2.06 bits per heavy atom. The maximum absolute atomic E-state index is 11.8. The number of hydrogen-bond donors (Lipinski definition) is 0. The second-order valence-corrected chi connectivity index (χ2v) is 6.10. The number of carbonyl (C=O) groups is 2. The summed E-state index contributed by atoms with van der Waals surface area (Å²) in [6.07, 6.45) is 1.39. The number of ketones is 1. The normalized spacial score (nSPS) is 11.7. The molecular weight excluding hydrogens is 214 g/mol. The maximum Gasteiger partial charge on any atom is 0.222 e. The van der Waals surface area contributed by atoms with Crippen molar-refractivity contribution in [1.82, 2.24) is 4.90 Å². The fourth-order valence-electron chi connectivity index (χ4n) is 1.36. The lowest BCUT2D eigenvalue weighted by molar-refractivity contribution is -0.136. The van der Waals surface area contributed by atoms with Crippen LogP contribution >= 0.6 is 0 Å². The zero-order valence-electron chi connectivity index (χ0n) is 12.2. The van der Waals surface area contributed by atoms with E-state index >= 15 is 0 Å². The highest BCUT2D eigenvalue weighted by Crippen LogP contribution is 2.19. The van der Waals surface area contributed by atoms with Crippen LogP contribution in [0.1, 0.15) is 54.4 Å². The van der Waals surface area contributed by atoms with E-state index < -0.39 is 0 Å². The first kappa shape index (κ1) is 16.1. The molecule has 17 heavy (non-hydrogen) atoms. The van der Waals surface area contributed by atoms with Crippen molar-refractivity contribution in [3.8, 4) is 0 Å². The minimum absolute atomic E-state index is 0.00297. The van der Waals surface area contributed by atoms with Gasteiger partial charge in [0.05, 0.1) is 6.54 Å². The molecule has 3 nitrogen and oxygen atoms in total. The fourth-order valence-corrected chi connectivity index (χ4v) is 1.36. The molecule has 0 aliphatic heterocycles. The molecule has 0 rings (SSSR count). The predicted octanol–water partition coefficient (Wildman–Crippen LogP) is 2.89. The topological polar surface area (TPSA) is 37.4 Å². The Balaban J connectivity index is 4.45. The third-order valence-corrected chi connectivity index (χ3v) is 2.78. The third kappa shape index (κ3) is 7.14. The quantitative estimate of drug-likeness (QED) is 0.717. The molecule has 0 N–H and O–H groups in total. The lowest BCUT2D eigenvalue weighted by atomic mass is 9.92. The Kier molecular flexibility index (Phi) is 6.43. The monoisotopic (exact) mass is 241 g/mol. The van der Waals surface area contributed by atoms with Gasteiger partial charge in [-0.3, -0.25) is 9.59 Å². The third-order valence-electron chi connectivity index (χ3n) is 2.78. The second kappa shape index (κ2) is 6.77. The van der Waals surface area contributed by atoms with E-state index in [0.29, 0.717) is 13.0 Å². The number of rotatable bonds is 6. The molecule has 0 bridgehead atoms. The van der Waals surface area contributed by atoms with E-state index in [1.54, 1.807) is 4.90 Å². The van der Waals surface area contributed by atoms with Gasteiger partial charge < -0.3 is 4.90 Å². The molecule has 0 unspecified atom stereocenters. The number of Topliss-reactive ketones (excluding diaryl/α,β-unsaturated/α-hetero) is 1. The molecule has 0 atom stereocenters. The lowest BCUT2D eigenvalue weighted by Gasteiger charge is -2.26. The van der Waals surface area contributed by atoms with Gasteiger partial charge in [-0.25, -0.2) is 0 Å². The molecule has 0 aromatic carbocycles. The molecule has 0 aliphatic carbocycles. The Morgan fingerprint density at radius 2 is 1.71 bits per heavy atom. The highest BCUT2D eigenvalue weighted by Gasteiger charge is 2.20. The summed E-state index contributed by atoms with van der Waals surface area (Å²) < 4.78 is 0. The van der Waals surface area contributed by atoms with Gasteiger partial charge in [-0.05, 0) is 11.8 Å². The molecule has 0 spiro atoms. The first-order valence-corrected chi connectivity index (χ1v) is 6.48. The molecule has 0 heterocycles. The van der Waals surface area contributed by atoms with Gasteiger partial charge in [0.25, 0.3) is 0 Å². The average Bonchev–Trinajstić information content (AvgIpc) is 2.21. The Morgan fingerprint density at radius 1 is 1.18 bits per heavy atom. The first-order chi connectivity index (χ1) is 7.67. The van der Waals surface area contributed by atoms with Crippen molar-refractivity contribution in [3.63, 3.8) is 0 Å². The van der Waals surface area contributed by atoms with Crippen LogP contribution in [0.4, 0.5) is 0 Å². The molecule has 0 radical (unpaired) electrons. The smallest absolute Gasteiger partial charge is 0.222 e. The van der Waals surface area contributed by atoms with Crippen molar-refractivity contribution in [3.05, 3.63) is 0 Å². The number of nitrogens with zero attached hydrogens (tertiary/aromatic N) is 1. The number of amides is 1. The van der Waals surface area contributed by atoms with Gasteiger partial charge in [0, 0.05) is 18.9 Å². The molecule has 0 aromatic rings. The van der Waals surface area contributed by atoms with E-state index in [9.17, 15) is 9.59 Å². The minimum atomic E-state index is -0.00297. The minimum Gasteiger partial charge on any atom is -0.335 e. The van der Waals surface area contributed by atoms with Gasteiger partial charge >= 0.3 is 0 Å². The molecule has 1 amide bonds. The van der Waals surface area contributed by atoms with E-state index in [-0.39, 0.29) is 29.6 Å². The Labute approximate surface area is 106 Å². The first-order valence-electron chi connectivity index (χ1n) is 6.48. The van der Waals surface area contributed by atoms with E-state index in [4.69, 9.17) is 0 Å². The number of carbonyl (C=O) groups excluding carboxylic acids is 2. The van der Waals surface area contributed by atoms with Gasteiger partial charge in [-0.15, -0.1) is 0 Å². The standard InChI is InChI=1S/C14H27NO2/c1-7-13(17)15(9-8-14(4,5)6)10-12(16)11(2)3/h11H,7-10H2,1-6H3. The van der Waals surface area contributed by atoms with Crippen molar-refractivity contribution in [2.24, 2.45) is 11.3 Å². The van der Waals surface area contributed by atoms with Gasteiger partial charge in [0.2, 0.25) is 5.91 Å². The van der Waals surface area contributed by atoms with E-state index in [1.807, 2.05) is 20.8 Å². The van der Waals surface area contributed by atoms with Gasteiger partial charge in [0.1, 0.15) is 0 Å². The molecule has 0 fully saturated rings. The van der Waals surface area contributed by atoms with Crippen LogP contribution in [0.2, 0.25) is 0 Å². The highest BCUT2D eigenvalue weighted by molar-refractivity contribution is 5.87. The summed E-state index contributed by atoms with van der Waals surface area (Å²) in [5.74, 6) is 0.209. The highest BCUT2D eigenvalue weighted by atomic mass is 16.2. The van der Waals surface area contributed by atoms with Crippen molar-refractivity contribution in [2.75, 3.05) is 13.1 Å².